The molecule has 0 radical (unpaired) electrons. The highest BCUT2D eigenvalue weighted by atomic mass is 19.2. The van der Waals surface area contributed by atoms with Crippen LogP contribution >= 0.6 is 0 Å². The lowest BCUT2D eigenvalue weighted by molar-refractivity contribution is 0.381. The normalized spacial score (nSPS) is 11.5. The molecule has 5 rings (SSSR count). The number of halogens is 8. The summed E-state index contributed by atoms with van der Waals surface area (Å²) in [5.41, 5.74) is -1.30. The van der Waals surface area contributed by atoms with Gasteiger partial charge in [-0.05, 0) is 56.9 Å². The number of benzene rings is 5. The smallest absolute Gasteiger partial charge is 0.200 e. The molecule has 0 amide bonds. The van der Waals surface area contributed by atoms with Crippen LogP contribution in [-0.2, 0) is 0 Å². The Morgan fingerprint density at radius 1 is 0.382 bits per heavy atom. The van der Waals surface area contributed by atoms with Gasteiger partial charge in [-0.25, -0.2) is 35.1 Å². The summed E-state index contributed by atoms with van der Waals surface area (Å²) < 4.78 is 115. The molecule has 0 bridgehead atoms. The van der Waals surface area contributed by atoms with Gasteiger partial charge in [0.1, 0.15) is 5.82 Å². The van der Waals surface area contributed by atoms with Gasteiger partial charge < -0.3 is 0 Å². The molecule has 34 heavy (non-hydrogen) atoms. The molecule has 0 fully saturated rings. The number of hydrogen-bond donors (Lipinski definition) is 0. The van der Waals surface area contributed by atoms with Gasteiger partial charge in [-0.3, -0.25) is 0 Å². The zero-order valence-electron chi connectivity index (χ0n) is 16.8. The lowest BCUT2D eigenvalue weighted by Crippen LogP contribution is -2.05. The Balaban J connectivity index is 2.11. The summed E-state index contributed by atoms with van der Waals surface area (Å²) in [6.07, 6.45) is 0. The minimum Gasteiger partial charge on any atom is -0.207 e. The Morgan fingerprint density at radius 3 is 1.47 bits per heavy atom. The Kier molecular flexibility index (Phi) is 5.04. The molecular weight excluding hydrogens is 464 g/mol. The van der Waals surface area contributed by atoms with Gasteiger partial charge in [-0.1, -0.05) is 36.4 Å². The van der Waals surface area contributed by atoms with Gasteiger partial charge in [0, 0.05) is 5.56 Å². The Morgan fingerprint density at radius 2 is 0.882 bits per heavy atom. The standard InChI is InChI=1S/C26H10F8/c27-12-6-7-13-14(8-12)20(21-22(30)24(32)26(34)25(33)23(21)31)16-10-18(29)17(28)9-15(16)19(13)11-4-2-1-3-5-11/h1-10H. The molecule has 0 N–H and O–H groups in total. The second kappa shape index (κ2) is 7.83. The molecule has 8 heteroatoms. The molecule has 0 nitrogen and oxygen atoms in total. The molecular formula is C26H10F8. The molecule has 0 aromatic heterocycles. The fourth-order valence-corrected chi connectivity index (χ4v) is 4.20. The van der Waals surface area contributed by atoms with Gasteiger partial charge in [0.15, 0.2) is 34.9 Å². The van der Waals surface area contributed by atoms with Crippen molar-refractivity contribution in [2.24, 2.45) is 0 Å². The zero-order valence-corrected chi connectivity index (χ0v) is 16.8. The largest absolute Gasteiger partial charge is 0.207 e. The van der Waals surface area contributed by atoms with Crippen LogP contribution in [0.25, 0.3) is 43.8 Å². The maximum absolute atomic E-state index is 14.9. The van der Waals surface area contributed by atoms with Crippen LogP contribution < -0.4 is 0 Å². The summed E-state index contributed by atoms with van der Waals surface area (Å²) in [4.78, 5) is 0. The van der Waals surface area contributed by atoms with Crippen molar-refractivity contribution in [3.63, 3.8) is 0 Å². The van der Waals surface area contributed by atoms with Crippen molar-refractivity contribution >= 4 is 21.5 Å². The van der Waals surface area contributed by atoms with E-state index >= 15 is 0 Å². The predicted octanol–water partition coefficient (Wildman–Crippen LogP) is 8.44. The molecule has 0 aliphatic carbocycles. The zero-order chi connectivity index (χ0) is 24.3. The van der Waals surface area contributed by atoms with Crippen molar-refractivity contribution in [3.8, 4) is 22.3 Å². The maximum atomic E-state index is 14.9. The Hall–Kier alpha value is -3.94. The monoisotopic (exact) mass is 474 g/mol. The van der Waals surface area contributed by atoms with E-state index in [0.717, 1.165) is 18.2 Å². The van der Waals surface area contributed by atoms with Gasteiger partial charge in [-0.2, -0.15) is 0 Å². The number of fused-ring (bicyclic) bond motifs is 2. The van der Waals surface area contributed by atoms with Gasteiger partial charge in [-0.15, -0.1) is 0 Å². The van der Waals surface area contributed by atoms with Gasteiger partial charge in [0.25, 0.3) is 0 Å². The van der Waals surface area contributed by atoms with Crippen molar-refractivity contribution in [1.29, 1.82) is 0 Å². The molecule has 0 heterocycles. The van der Waals surface area contributed by atoms with Crippen LogP contribution in [0, 0.1) is 46.5 Å². The SMILES string of the molecule is Fc1ccc2c(-c3ccccc3)c3cc(F)c(F)cc3c(-c3c(F)c(F)c(F)c(F)c3F)c2c1. The third kappa shape index (κ3) is 3.13. The van der Waals surface area contributed by atoms with Crippen molar-refractivity contribution in [1.82, 2.24) is 0 Å². The van der Waals surface area contributed by atoms with E-state index in [2.05, 4.69) is 0 Å². The molecule has 5 aromatic rings. The topological polar surface area (TPSA) is 0 Å². The first kappa shape index (κ1) is 21.9. The highest BCUT2D eigenvalue weighted by molar-refractivity contribution is 6.21. The summed E-state index contributed by atoms with van der Waals surface area (Å²) in [5.74, 6) is -14.8. The summed E-state index contributed by atoms with van der Waals surface area (Å²) >= 11 is 0. The van der Waals surface area contributed by atoms with E-state index in [0.29, 0.717) is 11.6 Å². The van der Waals surface area contributed by atoms with Crippen LogP contribution in [0.15, 0.2) is 60.7 Å². The third-order valence-electron chi connectivity index (χ3n) is 5.64. The molecule has 0 unspecified atom stereocenters. The molecule has 0 aliphatic heterocycles. The quantitative estimate of drug-likeness (QED) is 0.104. The van der Waals surface area contributed by atoms with Gasteiger partial charge >= 0.3 is 0 Å². The summed E-state index contributed by atoms with van der Waals surface area (Å²) in [5, 5.41) is -0.548. The van der Waals surface area contributed by atoms with E-state index in [1.165, 1.54) is 6.07 Å². The van der Waals surface area contributed by atoms with E-state index in [9.17, 15) is 35.1 Å². The van der Waals surface area contributed by atoms with Crippen LogP contribution in [0.1, 0.15) is 0 Å². The van der Waals surface area contributed by atoms with Crippen LogP contribution in [0.5, 0.6) is 0 Å². The first-order valence-corrected chi connectivity index (χ1v) is 9.82. The summed E-state index contributed by atoms with van der Waals surface area (Å²) in [7, 11) is 0. The average Bonchev–Trinajstić information content (AvgIpc) is 2.83. The minimum absolute atomic E-state index is 0.0665. The second-order valence-electron chi connectivity index (χ2n) is 7.56. The minimum atomic E-state index is -2.38. The van der Waals surface area contributed by atoms with Gasteiger partial charge in [0.05, 0.1) is 5.56 Å². The van der Waals surface area contributed by atoms with E-state index in [4.69, 9.17) is 0 Å². The highest BCUT2D eigenvalue weighted by Crippen LogP contribution is 2.46. The van der Waals surface area contributed by atoms with Crippen molar-refractivity contribution in [3.05, 3.63) is 107 Å². The highest BCUT2D eigenvalue weighted by Gasteiger charge is 2.30. The van der Waals surface area contributed by atoms with Crippen molar-refractivity contribution in [2.75, 3.05) is 0 Å². The molecule has 0 saturated heterocycles. The van der Waals surface area contributed by atoms with Crippen molar-refractivity contribution in [2.45, 2.75) is 0 Å². The van der Waals surface area contributed by atoms with Crippen LogP contribution in [0.3, 0.4) is 0 Å². The lowest BCUT2D eigenvalue weighted by atomic mass is 9.85. The first-order chi connectivity index (χ1) is 16.2. The molecule has 170 valence electrons. The third-order valence-corrected chi connectivity index (χ3v) is 5.64. The van der Waals surface area contributed by atoms with Gasteiger partial charge in [0.2, 0.25) is 5.82 Å². The van der Waals surface area contributed by atoms with E-state index in [-0.39, 0.29) is 27.1 Å². The Bertz CT molecular complexity index is 1600. The lowest BCUT2D eigenvalue weighted by Gasteiger charge is -2.19. The molecule has 0 saturated carbocycles. The predicted molar refractivity (Wildman–Crippen MR) is 112 cm³/mol. The molecule has 0 aliphatic rings. The second-order valence-corrected chi connectivity index (χ2v) is 7.56. The molecule has 5 aromatic carbocycles. The number of hydrogen-bond acceptors (Lipinski definition) is 0. The molecule has 0 spiro atoms. The van der Waals surface area contributed by atoms with Crippen molar-refractivity contribution < 1.29 is 35.1 Å². The van der Waals surface area contributed by atoms with E-state index in [1.54, 1.807) is 30.3 Å². The van der Waals surface area contributed by atoms with Crippen LogP contribution in [-0.4, -0.2) is 0 Å². The van der Waals surface area contributed by atoms with E-state index < -0.39 is 57.7 Å². The first-order valence-electron chi connectivity index (χ1n) is 9.82. The van der Waals surface area contributed by atoms with E-state index in [1.807, 2.05) is 0 Å². The van der Waals surface area contributed by atoms with Crippen LogP contribution in [0.2, 0.25) is 0 Å². The maximum Gasteiger partial charge on any atom is 0.200 e. The Labute approximate surface area is 186 Å². The summed E-state index contributed by atoms with van der Waals surface area (Å²) in [6, 6.07) is 12.7. The number of rotatable bonds is 2. The molecule has 0 atom stereocenters. The fourth-order valence-electron chi connectivity index (χ4n) is 4.20. The average molecular weight is 474 g/mol. The van der Waals surface area contributed by atoms with Crippen LogP contribution in [0.4, 0.5) is 35.1 Å². The summed E-state index contributed by atoms with van der Waals surface area (Å²) in [6.45, 7) is 0. The fraction of sp³-hybridized carbons (Fsp3) is 0.